The van der Waals surface area contributed by atoms with E-state index in [1.165, 1.54) is 0 Å². The summed E-state index contributed by atoms with van der Waals surface area (Å²) < 4.78 is 24.7. The molecular weight excluding hydrogens is 196 g/mol. The molecule has 0 spiro atoms. The van der Waals surface area contributed by atoms with Crippen LogP contribution in [0.5, 0.6) is 0 Å². The molecular formula is C8H7F2NO3. The Morgan fingerprint density at radius 3 is 2.71 bits per heavy atom. The first-order valence-electron chi connectivity index (χ1n) is 3.74. The summed E-state index contributed by atoms with van der Waals surface area (Å²) >= 11 is 0. The zero-order chi connectivity index (χ0) is 10.7. The smallest absolute Gasteiger partial charge is 0.275 e. The highest BCUT2D eigenvalue weighted by Crippen LogP contribution is 2.25. The Bertz CT molecular complexity index is 356. The van der Waals surface area contributed by atoms with Gasteiger partial charge in [0.2, 0.25) is 0 Å². The zero-order valence-electron chi connectivity index (χ0n) is 6.98. The molecule has 1 unspecified atom stereocenters. The van der Waals surface area contributed by atoms with Crippen molar-refractivity contribution in [2.45, 2.75) is 6.10 Å². The largest absolute Gasteiger partial charge is 0.385 e. The summed E-state index contributed by atoms with van der Waals surface area (Å²) in [6, 6.07) is 2.53. The van der Waals surface area contributed by atoms with Crippen molar-refractivity contribution in [1.29, 1.82) is 0 Å². The summed E-state index contributed by atoms with van der Waals surface area (Å²) in [5.41, 5.74) is -0.839. The lowest BCUT2D eigenvalue weighted by atomic mass is 10.1. The minimum Gasteiger partial charge on any atom is -0.385 e. The maximum Gasteiger partial charge on any atom is 0.275 e. The Morgan fingerprint density at radius 2 is 2.21 bits per heavy atom. The first-order chi connectivity index (χ1) is 6.56. The molecule has 0 heterocycles. The van der Waals surface area contributed by atoms with Crippen molar-refractivity contribution in [1.82, 2.24) is 0 Å². The van der Waals surface area contributed by atoms with Crippen LogP contribution in [0.1, 0.15) is 11.7 Å². The Balaban J connectivity index is 3.22. The number of benzene rings is 1. The van der Waals surface area contributed by atoms with Gasteiger partial charge in [-0.1, -0.05) is 0 Å². The van der Waals surface area contributed by atoms with E-state index in [2.05, 4.69) is 0 Å². The fourth-order valence-corrected chi connectivity index (χ4v) is 1.04. The van der Waals surface area contributed by atoms with Gasteiger partial charge >= 0.3 is 0 Å². The summed E-state index contributed by atoms with van der Waals surface area (Å²) in [7, 11) is 0. The molecule has 1 N–H and O–H groups in total. The predicted octanol–water partition coefficient (Wildman–Crippen LogP) is 1.74. The molecule has 1 rings (SSSR count). The number of halogens is 2. The van der Waals surface area contributed by atoms with Crippen LogP contribution in [0.15, 0.2) is 18.2 Å². The van der Waals surface area contributed by atoms with Gasteiger partial charge in [-0.2, -0.15) is 0 Å². The quantitative estimate of drug-likeness (QED) is 0.601. The summed E-state index contributed by atoms with van der Waals surface area (Å²) in [6.07, 6.45) is -1.66. The average Bonchev–Trinajstić information content (AvgIpc) is 2.16. The zero-order valence-corrected chi connectivity index (χ0v) is 6.98. The lowest BCUT2D eigenvalue weighted by Crippen LogP contribution is -2.04. The maximum absolute atomic E-state index is 12.7. The molecule has 0 aliphatic heterocycles. The molecule has 14 heavy (non-hydrogen) atoms. The molecule has 0 fully saturated rings. The number of hydrogen-bond donors (Lipinski definition) is 1. The molecule has 1 aromatic carbocycles. The molecule has 0 radical (unpaired) electrons. The lowest BCUT2D eigenvalue weighted by molar-refractivity contribution is -0.386. The van der Waals surface area contributed by atoms with Gasteiger partial charge in [-0.05, 0) is 12.1 Å². The van der Waals surface area contributed by atoms with Gasteiger partial charge in [0.25, 0.3) is 5.69 Å². The van der Waals surface area contributed by atoms with Crippen molar-refractivity contribution in [3.8, 4) is 0 Å². The third-order valence-electron chi connectivity index (χ3n) is 1.69. The number of nitrogens with zero attached hydrogens (tertiary/aromatic N) is 1. The highest BCUT2D eigenvalue weighted by Gasteiger charge is 2.20. The topological polar surface area (TPSA) is 63.4 Å². The Kier molecular flexibility index (Phi) is 3.08. The van der Waals surface area contributed by atoms with Crippen LogP contribution in [0.2, 0.25) is 0 Å². The van der Waals surface area contributed by atoms with E-state index in [0.29, 0.717) is 0 Å². The van der Waals surface area contributed by atoms with Crippen LogP contribution < -0.4 is 0 Å². The van der Waals surface area contributed by atoms with E-state index >= 15 is 0 Å². The molecule has 0 aliphatic carbocycles. The van der Waals surface area contributed by atoms with E-state index in [0.717, 1.165) is 18.2 Å². The normalized spacial score (nSPS) is 12.5. The first kappa shape index (κ1) is 10.5. The number of alkyl halides is 1. The molecule has 1 atom stereocenters. The minimum atomic E-state index is -1.66. The van der Waals surface area contributed by atoms with Crippen LogP contribution in [-0.2, 0) is 0 Å². The average molecular weight is 203 g/mol. The second-order valence-corrected chi connectivity index (χ2v) is 2.63. The van der Waals surface area contributed by atoms with Crippen molar-refractivity contribution in [2.75, 3.05) is 6.67 Å². The van der Waals surface area contributed by atoms with Crippen LogP contribution >= 0.6 is 0 Å². The highest BCUT2D eigenvalue weighted by atomic mass is 19.1. The van der Waals surface area contributed by atoms with Crippen molar-refractivity contribution in [2.24, 2.45) is 0 Å². The molecule has 0 bridgehead atoms. The molecule has 4 nitrogen and oxygen atoms in total. The SMILES string of the molecule is O=[N+]([O-])c1ccc(F)cc1C(O)CF. The number of nitro groups is 1. The molecule has 6 heteroatoms. The van der Waals surface area contributed by atoms with Gasteiger partial charge in [0.1, 0.15) is 18.6 Å². The van der Waals surface area contributed by atoms with E-state index in [1.54, 1.807) is 0 Å². The van der Waals surface area contributed by atoms with Gasteiger partial charge in [-0.15, -0.1) is 0 Å². The van der Waals surface area contributed by atoms with E-state index in [1.807, 2.05) is 0 Å². The second kappa shape index (κ2) is 4.10. The first-order valence-corrected chi connectivity index (χ1v) is 3.74. The third kappa shape index (κ3) is 2.02. The van der Waals surface area contributed by atoms with Crippen LogP contribution in [0.4, 0.5) is 14.5 Å². The summed E-state index contributed by atoms with van der Waals surface area (Å²) in [5, 5.41) is 19.4. The van der Waals surface area contributed by atoms with Crippen molar-refractivity contribution >= 4 is 5.69 Å². The number of hydrogen-bond acceptors (Lipinski definition) is 3. The Hall–Kier alpha value is -1.56. The molecule has 1 aromatic rings. The summed E-state index contributed by atoms with van der Waals surface area (Å²) in [4.78, 5) is 9.61. The molecule has 0 amide bonds. The number of aliphatic hydroxyl groups is 1. The van der Waals surface area contributed by atoms with Crippen LogP contribution in [0.25, 0.3) is 0 Å². The van der Waals surface area contributed by atoms with Gasteiger partial charge in [-0.3, -0.25) is 10.1 Å². The predicted molar refractivity (Wildman–Crippen MR) is 44.0 cm³/mol. The molecule has 0 saturated carbocycles. The monoisotopic (exact) mass is 203 g/mol. The summed E-state index contributed by atoms with van der Waals surface area (Å²) in [5.74, 6) is -0.752. The van der Waals surface area contributed by atoms with Gasteiger partial charge in [-0.25, -0.2) is 8.78 Å². The van der Waals surface area contributed by atoms with E-state index in [4.69, 9.17) is 5.11 Å². The van der Waals surface area contributed by atoms with Crippen molar-refractivity contribution in [3.63, 3.8) is 0 Å². The van der Waals surface area contributed by atoms with Gasteiger partial charge in [0, 0.05) is 6.07 Å². The van der Waals surface area contributed by atoms with E-state index < -0.39 is 29.2 Å². The van der Waals surface area contributed by atoms with Crippen LogP contribution in [-0.4, -0.2) is 16.7 Å². The molecule has 0 saturated heterocycles. The number of aliphatic hydroxyl groups excluding tert-OH is 1. The number of nitro benzene ring substituents is 1. The maximum atomic E-state index is 12.7. The Morgan fingerprint density at radius 1 is 1.57 bits per heavy atom. The van der Waals surface area contributed by atoms with E-state index in [-0.39, 0.29) is 5.56 Å². The number of rotatable bonds is 3. The second-order valence-electron chi connectivity index (χ2n) is 2.63. The van der Waals surface area contributed by atoms with Crippen molar-refractivity contribution in [3.05, 3.63) is 39.7 Å². The van der Waals surface area contributed by atoms with Gasteiger partial charge in [0.15, 0.2) is 0 Å². The molecule has 76 valence electrons. The molecule has 0 aliphatic rings. The standard InChI is InChI=1S/C8H7F2NO3/c9-4-8(12)6-3-5(10)1-2-7(6)11(13)14/h1-3,8,12H,4H2. The van der Waals surface area contributed by atoms with Gasteiger partial charge < -0.3 is 5.11 Å². The van der Waals surface area contributed by atoms with Gasteiger partial charge in [0.05, 0.1) is 10.5 Å². The fourth-order valence-electron chi connectivity index (χ4n) is 1.04. The minimum absolute atomic E-state index is 0.350. The van der Waals surface area contributed by atoms with Crippen LogP contribution in [0, 0.1) is 15.9 Å². The fraction of sp³-hybridized carbons (Fsp3) is 0.250. The lowest BCUT2D eigenvalue weighted by Gasteiger charge is -2.06. The Labute approximate surface area is 77.9 Å². The van der Waals surface area contributed by atoms with Crippen LogP contribution in [0.3, 0.4) is 0 Å². The highest BCUT2D eigenvalue weighted by molar-refractivity contribution is 5.41. The van der Waals surface area contributed by atoms with E-state index in [9.17, 15) is 18.9 Å². The third-order valence-corrected chi connectivity index (χ3v) is 1.69. The molecule has 0 aromatic heterocycles. The van der Waals surface area contributed by atoms with Crippen molar-refractivity contribution < 1.29 is 18.8 Å². The summed E-state index contributed by atoms with van der Waals surface area (Å²) in [6.45, 7) is -1.19.